The van der Waals surface area contributed by atoms with E-state index in [4.69, 9.17) is 11.6 Å². The van der Waals surface area contributed by atoms with Gasteiger partial charge in [-0.1, -0.05) is 47.2 Å². The fraction of sp³-hybridized carbons (Fsp3) is 0.100. The predicted octanol–water partition coefficient (Wildman–Crippen LogP) is 4.13. The molecule has 0 radical (unpaired) electrons. The van der Waals surface area contributed by atoms with Crippen molar-refractivity contribution in [1.29, 1.82) is 0 Å². The van der Waals surface area contributed by atoms with Crippen LogP contribution in [-0.2, 0) is 11.3 Å². The summed E-state index contributed by atoms with van der Waals surface area (Å²) in [5.74, 6) is -1.16. The molecule has 0 aliphatic heterocycles. The van der Waals surface area contributed by atoms with E-state index in [9.17, 15) is 14.0 Å². The van der Waals surface area contributed by atoms with Gasteiger partial charge in [-0.05, 0) is 41.5 Å². The average Bonchev–Trinajstić information content (AvgIpc) is 3.24. The molecule has 1 amide bonds. The SMILES string of the molecule is COC(=O)c1ccc(/C=C(\Cl)c2nnc(C(=O)NCc3ccc(F)cc3)s2)cc1. The number of ether oxygens (including phenoxy) is 1. The van der Waals surface area contributed by atoms with E-state index in [1.54, 1.807) is 42.5 Å². The largest absolute Gasteiger partial charge is 0.465 e. The highest BCUT2D eigenvalue weighted by molar-refractivity contribution is 7.15. The van der Waals surface area contributed by atoms with Crippen LogP contribution in [0.3, 0.4) is 0 Å². The third-order valence-electron chi connectivity index (χ3n) is 3.82. The Kier molecular flexibility index (Phi) is 6.69. The first-order valence-electron chi connectivity index (χ1n) is 8.38. The number of nitrogens with one attached hydrogen (secondary N) is 1. The van der Waals surface area contributed by atoms with Crippen molar-refractivity contribution >= 4 is 45.9 Å². The number of hydrogen-bond donors (Lipinski definition) is 1. The fourth-order valence-corrected chi connectivity index (χ4v) is 3.26. The summed E-state index contributed by atoms with van der Waals surface area (Å²) in [7, 11) is 1.32. The molecule has 0 saturated heterocycles. The van der Waals surface area contributed by atoms with Gasteiger partial charge in [0, 0.05) is 6.54 Å². The second kappa shape index (κ2) is 9.40. The molecule has 0 spiro atoms. The maximum atomic E-state index is 12.9. The molecule has 9 heteroatoms. The zero-order chi connectivity index (χ0) is 20.8. The van der Waals surface area contributed by atoms with Gasteiger partial charge in [-0.2, -0.15) is 0 Å². The standard InChI is InChI=1S/C20H15ClFN3O3S/c1-28-20(27)14-6-2-12(3-7-14)10-16(21)18-24-25-19(29-18)17(26)23-11-13-4-8-15(22)9-5-13/h2-10H,11H2,1H3,(H,23,26)/b16-10-. The van der Waals surface area contributed by atoms with Crippen LogP contribution in [0.25, 0.3) is 11.1 Å². The molecular formula is C20H15ClFN3O3S. The Morgan fingerprint density at radius 2 is 1.76 bits per heavy atom. The number of esters is 1. The first-order chi connectivity index (χ1) is 14.0. The van der Waals surface area contributed by atoms with Crippen LogP contribution in [-0.4, -0.2) is 29.2 Å². The number of rotatable bonds is 6. The lowest BCUT2D eigenvalue weighted by Crippen LogP contribution is -2.22. The number of nitrogens with zero attached hydrogens (tertiary/aromatic N) is 2. The molecule has 29 heavy (non-hydrogen) atoms. The van der Waals surface area contributed by atoms with Crippen LogP contribution >= 0.6 is 22.9 Å². The normalized spacial score (nSPS) is 11.2. The molecular weight excluding hydrogens is 417 g/mol. The molecule has 0 aliphatic rings. The zero-order valence-electron chi connectivity index (χ0n) is 15.2. The summed E-state index contributed by atoms with van der Waals surface area (Å²) in [4.78, 5) is 23.7. The number of halogens is 2. The minimum atomic E-state index is -0.424. The summed E-state index contributed by atoms with van der Waals surface area (Å²) >= 11 is 7.34. The number of aromatic nitrogens is 2. The molecule has 0 bridgehead atoms. The molecule has 0 aliphatic carbocycles. The van der Waals surface area contributed by atoms with Crippen LogP contribution in [0.1, 0.15) is 36.3 Å². The number of methoxy groups -OCH3 is 1. The lowest BCUT2D eigenvalue weighted by atomic mass is 10.1. The van der Waals surface area contributed by atoms with Gasteiger partial charge in [0.15, 0.2) is 5.01 Å². The monoisotopic (exact) mass is 431 g/mol. The van der Waals surface area contributed by atoms with Crippen LogP contribution in [0.15, 0.2) is 48.5 Å². The highest BCUT2D eigenvalue weighted by Gasteiger charge is 2.14. The van der Waals surface area contributed by atoms with Crippen molar-refractivity contribution in [3.63, 3.8) is 0 Å². The van der Waals surface area contributed by atoms with Gasteiger partial charge in [0.2, 0.25) is 5.01 Å². The lowest BCUT2D eigenvalue weighted by Gasteiger charge is -2.02. The third-order valence-corrected chi connectivity index (χ3v) is 5.17. The van der Waals surface area contributed by atoms with Crippen molar-refractivity contribution in [2.45, 2.75) is 6.54 Å². The average molecular weight is 432 g/mol. The Bertz CT molecular complexity index is 1050. The van der Waals surface area contributed by atoms with E-state index < -0.39 is 11.9 Å². The molecule has 3 rings (SSSR count). The number of hydrogen-bond acceptors (Lipinski definition) is 6. The van der Waals surface area contributed by atoms with E-state index in [1.807, 2.05) is 0 Å². The van der Waals surface area contributed by atoms with E-state index in [2.05, 4.69) is 20.3 Å². The van der Waals surface area contributed by atoms with E-state index >= 15 is 0 Å². The summed E-state index contributed by atoms with van der Waals surface area (Å²) in [6.07, 6.45) is 1.66. The van der Waals surface area contributed by atoms with Gasteiger partial charge >= 0.3 is 5.97 Å². The van der Waals surface area contributed by atoms with Crippen molar-refractivity contribution in [2.24, 2.45) is 0 Å². The van der Waals surface area contributed by atoms with Gasteiger partial charge in [0.05, 0.1) is 17.7 Å². The smallest absolute Gasteiger partial charge is 0.337 e. The second-order valence-electron chi connectivity index (χ2n) is 5.83. The van der Waals surface area contributed by atoms with Gasteiger partial charge in [-0.15, -0.1) is 10.2 Å². The Balaban J connectivity index is 1.64. The molecule has 1 N–H and O–H groups in total. The van der Waals surface area contributed by atoms with E-state index in [-0.39, 0.29) is 17.4 Å². The molecule has 0 saturated carbocycles. The van der Waals surface area contributed by atoms with Crippen LogP contribution in [0.2, 0.25) is 0 Å². The fourth-order valence-electron chi connectivity index (χ4n) is 2.31. The zero-order valence-corrected chi connectivity index (χ0v) is 16.8. The highest BCUT2D eigenvalue weighted by Crippen LogP contribution is 2.25. The van der Waals surface area contributed by atoms with Gasteiger partial charge in [0.25, 0.3) is 5.91 Å². The second-order valence-corrected chi connectivity index (χ2v) is 7.21. The number of benzene rings is 2. The lowest BCUT2D eigenvalue weighted by molar-refractivity contribution is 0.0600. The van der Waals surface area contributed by atoms with Crippen molar-refractivity contribution in [1.82, 2.24) is 15.5 Å². The summed E-state index contributed by atoms with van der Waals surface area (Å²) in [6, 6.07) is 12.5. The molecule has 1 heterocycles. The van der Waals surface area contributed by atoms with Gasteiger partial charge in [-0.25, -0.2) is 9.18 Å². The number of carbonyl (C=O) groups is 2. The minimum Gasteiger partial charge on any atom is -0.465 e. The summed E-state index contributed by atoms with van der Waals surface area (Å²) < 4.78 is 17.6. The first-order valence-corrected chi connectivity index (χ1v) is 9.58. The van der Waals surface area contributed by atoms with Crippen molar-refractivity contribution in [3.8, 4) is 0 Å². The van der Waals surface area contributed by atoms with Crippen LogP contribution < -0.4 is 5.32 Å². The predicted molar refractivity (Wildman–Crippen MR) is 109 cm³/mol. The molecule has 0 unspecified atom stereocenters. The van der Waals surface area contributed by atoms with Crippen LogP contribution in [0.5, 0.6) is 0 Å². The van der Waals surface area contributed by atoms with Crippen molar-refractivity contribution in [3.05, 3.63) is 81.1 Å². The number of carbonyl (C=O) groups excluding carboxylic acids is 2. The molecule has 0 atom stereocenters. The quantitative estimate of drug-likeness (QED) is 0.593. The Labute approximate surface area is 175 Å². The molecule has 0 fully saturated rings. The Morgan fingerprint density at radius 1 is 1.10 bits per heavy atom. The maximum Gasteiger partial charge on any atom is 0.337 e. The topological polar surface area (TPSA) is 81.2 Å². The molecule has 2 aromatic carbocycles. The van der Waals surface area contributed by atoms with Crippen molar-refractivity contribution < 1.29 is 18.7 Å². The van der Waals surface area contributed by atoms with E-state index in [0.29, 0.717) is 15.6 Å². The minimum absolute atomic E-state index is 0.162. The van der Waals surface area contributed by atoms with E-state index in [1.165, 1.54) is 19.2 Å². The van der Waals surface area contributed by atoms with Crippen molar-refractivity contribution in [2.75, 3.05) is 7.11 Å². The van der Waals surface area contributed by atoms with Crippen LogP contribution in [0, 0.1) is 5.82 Å². The highest BCUT2D eigenvalue weighted by atomic mass is 35.5. The maximum absolute atomic E-state index is 12.9. The van der Waals surface area contributed by atoms with Gasteiger partial charge in [-0.3, -0.25) is 4.79 Å². The molecule has 6 nitrogen and oxygen atoms in total. The summed E-state index contributed by atoms with van der Waals surface area (Å²) in [5.41, 5.74) is 1.94. The molecule has 1 aromatic heterocycles. The molecule has 148 valence electrons. The third kappa shape index (κ3) is 5.46. The Morgan fingerprint density at radius 3 is 2.41 bits per heavy atom. The molecule has 3 aromatic rings. The first kappa shape index (κ1) is 20.6. The van der Waals surface area contributed by atoms with E-state index in [0.717, 1.165) is 22.5 Å². The Hall–Kier alpha value is -3.10. The van der Waals surface area contributed by atoms with Crippen LogP contribution in [0.4, 0.5) is 4.39 Å². The number of amides is 1. The van der Waals surface area contributed by atoms with Gasteiger partial charge < -0.3 is 10.1 Å². The summed E-state index contributed by atoms with van der Waals surface area (Å²) in [5, 5.41) is 11.4. The summed E-state index contributed by atoms with van der Waals surface area (Å²) in [6.45, 7) is 0.240. The van der Waals surface area contributed by atoms with Gasteiger partial charge in [0.1, 0.15) is 5.82 Å².